The molecule has 0 aliphatic carbocycles. The minimum Gasteiger partial charge on any atom is -1.00 e. The maximum atomic E-state index is 2.27. The Labute approximate surface area is 94.9 Å². The fourth-order valence-corrected chi connectivity index (χ4v) is 1.37. The Balaban J connectivity index is 0. The van der Waals surface area contributed by atoms with Crippen molar-refractivity contribution in [2.45, 2.75) is 45.4 Å². The average molecular weight is 252 g/mol. The quantitative estimate of drug-likeness (QED) is 0.444. The second-order valence-corrected chi connectivity index (χ2v) is 4.78. The van der Waals surface area contributed by atoms with Crippen molar-refractivity contribution in [3.63, 3.8) is 0 Å². The molecule has 0 saturated heterocycles. The van der Waals surface area contributed by atoms with Gasteiger partial charge in [-0.05, 0) is 12.8 Å². The summed E-state index contributed by atoms with van der Waals surface area (Å²) >= 11 is 0. The lowest BCUT2D eigenvalue weighted by Crippen LogP contribution is -3.00. The molecule has 0 aromatic heterocycles. The van der Waals surface area contributed by atoms with Crippen LogP contribution in [0.1, 0.15) is 45.4 Å². The molecule has 1 nitrogen and oxygen atoms in total. The van der Waals surface area contributed by atoms with E-state index in [1.54, 1.807) is 0 Å². The number of hydrogen-bond acceptors (Lipinski definition) is 0. The number of hydrogen-bond donors (Lipinski definition) is 0. The third-order valence-electron chi connectivity index (χ3n) is 2.18. The molecule has 13 heavy (non-hydrogen) atoms. The Morgan fingerprint density at radius 1 is 0.769 bits per heavy atom. The summed E-state index contributed by atoms with van der Waals surface area (Å²) in [7, 11) is 6.81. The van der Waals surface area contributed by atoms with Crippen LogP contribution in [0.2, 0.25) is 0 Å². The van der Waals surface area contributed by atoms with Gasteiger partial charge < -0.3 is 21.5 Å². The van der Waals surface area contributed by atoms with Crippen molar-refractivity contribution >= 4 is 0 Å². The van der Waals surface area contributed by atoms with E-state index in [2.05, 4.69) is 28.1 Å². The van der Waals surface area contributed by atoms with Crippen LogP contribution in [0.4, 0.5) is 0 Å². The van der Waals surface area contributed by atoms with Crippen molar-refractivity contribution in [2.75, 3.05) is 27.7 Å². The number of halogens is 1. The monoisotopic (exact) mass is 251 g/mol. The summed E-state index contributed by atoms with van der Waals surface area (Å²) in [6.07, 6.45) is 8.48. The summed E-state index contributed by atoms with van der Waals surface area (Å²) in [5.41, 5.74) is 0. The summed E-state index contributed by atoms with van der Waals surface area (Å²) in [5, 5.41) is 0. The second kappa shape index (κ2) is 9.01. The van der Waals surface area contributed by atoms with Gasteiger partial charge in [0.25, 0.3) is 0 Å². The summed E-state index contributed by atoms with van der Waals surface area (Å²) < 4.78 is 1.12. The Morgan fingerprint density at radius 2 is 1.23 bits per heavy atom. The van der Waals surface area contributed by atoms with Gasteiger partial charge in [-0.15, -0.1) is 0 Å². The highest BCUT2D eigenvalue weighted by molar-refractivity contribution is 4.42. The molecular formula is C11H26BrN. The fourth-order valence-electron chi connectivity index (χ4n) is 1.37. The van der Waals surface area contributed by atoms with E-state index in [1.165, 1.54) is 45.1 Å². The van der Waals surface area contributed by atoms with Gasteiger partial charge in [0.05, 0.1) is 27.7 Å². The Bertz CT molecular complexity index is 96.8. The lowest BCUT2D eigenvalue weighted by Gasteiger charge is -2.23. The summed E-state index contributed by atoms with van der Waals surface area (Å²) in [6.45, 7) is 3.60. The first-order valence-corrected chi connectivity index (χ1v) is 5.36. The molecule has 0 aromatic carbocycles. The third kappa shape index (κ3) is 15.2. The summed E-state index contributed by atoms with van der Waals surface area (Å²) in [4.78, 5) is 0. The molecule has 82 valence electrons. The van der Waals surface area contributed by atoms with Gasteiger partial charge in [-0.2, -0.15) is 0 Å². The first kappa shape index (κ1) is 15.9. The van der Waals surface area contributed by atoms with Crippen molar-refractivity contribution in [3.05, 3.63) is 0 Å². The Hall–Kier alpha value is 0.440. The van der Waals surface area contributed by atoms with Crippen LogP contribution in [0.25, 0.3) is 0 Å². The first-order chi connectivity index (χ1) is 5.56. The molecule has 0 fully saturated rings. The molecule has 0 saturated carbocycles. The van der Waals surface area contributed by atoms with Crippen LogP contribution in [0.15, 0.2) is 0 Å². The van der Waals surface area contributed by atoms with E-state index in [0.717, 1.165) is 4.48 Å². The molecule has 0 rings (SSSR count). The van der Waals surface area contributed by atoms with Crippen molar-refractivity contribution < 1.29 is 21.5 Å². The highest BCUT2D eigenvalue weighted by Crippen LogP contribution is 2.06. The van der Waals surface area contributed by atoms with E-state index in [9.17, 15) is 0 Å². The van der Waals surface area contributed by atoms with E-state index in [0.29, 0.717) is 0 Å². The smallest absolute Gasteiger partial charge is 0.0780 e. The molecule has 0 amide bonds. The van der Waals surface area contributed by atoms with Crippen LogP contribution in [0.3, 0.4) is 0 Å². The van der Waals surface area contributed by atoms with Crippen molar-refractivity contribution in [1.82, 2.24) is 0 Å². The lowest BCUT2D eigenvalue weighted by molar-refractivity contribution is -0.870. The van der Waals surface area contributed by atoms with Crippen LogP contribution >= 0.6 is 0 Å². The maximum Gasteiger partial charge on any atom is 0.0780 e. The van der Waals surface area contributed by atoms with Crippen LogP contribution in [-0.4, -0.2) is 32.2 Å². The fraction of sp³-hybridized carbons (Fsp3) is 1.00. The highest BCUT2D eigenvalue weighted by atomic mass is 79.9. The molecule has 0 N–H and O–H groups in total. The molecule has 0 radical (unpaired) electrons. The Kier molecular flexibility index (Phi) is 11.0. The number of unbranched alkanes of at least 4 members (excludes halogenated alkanes) is 5. The van der Waals surface area contributed by atoms with Crippen molar-refractivity contribution in [3.8, 4) is 0 Å². The van der Waals surface area contributed by atoms with Crippen molar-refractivity contribution in [2.24, 2.45) is 0 Å². The van der Waals surface area contributed by atoms with E-state index in [-0.39, 0.29) is 17.0 Å². The first-order valence-electron chi connectivity index (χ1n) is 5.36. The maximum absolute atomic E-state index is 2.27. The molecule has 2 heteroatoms. The van der Waals surface area contributed by atoms with Gasteiger partial charge in [-0.1, -0.05) is 32.6 Å². The highest BCUT2D eigenvalue weighted by Gasteiger charge is 2.04. The zero-order valence-corrected chi connectivity index (χ0v) is 11.4. The zero-order valence-electron chi connectivity index (χ0n) is 9.77. The number of quaternary nitrogens is 1. The topological polar surface area (TPSA) is 0 Å². The van der Waals surface area contributed by atoms with Crippen LogP contribution in [-0.2, 0) is 0 Å². The molecule has 0 unspecified atom stereocenters. The van der Waals surface area contributed by atoms with Gasteiger partial charge in [0.2, 0.25) is 0 Å². The third-order valence-corrected chi connectivity index (χ3v) is 2.18. The lowest BCUT2D eigenvalue weighted by atomic mass is 10.1. The van der Waals surface area contributed by atoms with Crippen LogP contribution in [0, 0.1) is 0 Å². The van der Waals surface area contributed by atoms with E-state index in [4.69, 9.17) is 0 Å². The number of nitrogens with zero attached hydrogens (tertiary/aromatic N) is 1. The van der Waals surface area contributed by atoms with Gasteiger partial charge in [0, 0.05) is 0 Å². The Morgan fingerprint density at radius 3 is 1.69 bits per heavy atom. The van der Waals surface area contributed by atoms with E-state index < -0.39 is 0 Å². The van der Waals surface area contributed by atoms with Crippen molar-refractivity contribution in [1.29, 1.82) is 0 Å². The van der Waals surface area contributed by atoms with E-state index in [1.807, 2.05) is 0 Å². The minimum atomic E-state index is 0. The predicted octanol–water partition coefficient (Wildman–Crippen LogP) is 0.0571. The van der Waals surface area contributed by atoms with Gasteiger partial charge in [-0.3, -0.25) is 0 Å². The summed E-state index contributed by atoms with van der Waals surface area (Å²) in [6, 6.07) is 0. The van der Waals surface area contributed by atoms with Gasteiger partial charge in [-0.25, -0.2) is 0 Å². The second-order valence-electron chi connectivity index (χ2n) is 4.78. The summed E-state index contributed by atoms with van der Waals surface area (Å²) in [5.74, 6) is 0. The van der Waals surface area contributed by atoms with Gasteiger partial charge in [0.15, 0.2) is 0 Å². The number of rotatable bonds is 7. The predicted molar refractivity (Wildman–Crippen MR) is 56.3 cm³/mol. The normalized spacial score (nSPS) is 11.1. The minimum absolute atomic E-state index is 0. The molecule has 0 aromatic rings. The molecular weight excluding hydrogens is 226 g/mol. The van der Waals surface area contributed by atoms with E-state index >= 15 is 0 Å². The van der Waals surface area contributed by atoms with Crippen LogP contribution < -0.4 is 17.0 Å². The van der Waals surface area contributed by atoms with Crippen LogP contribution in [0.5, 0.6) is 0 Å². The molecule has 0 heterocycles. The molecule has 0 bridgehead atoms. The molecule has 0 aliphatic heterocycles. The molecule has 0 spiro atoms. The average Bonchev–Trinajstić information content (AvgIpc) is 1.94. The molecule has 0 aliphatic rings. The SMILES string of the molecule is CCCCCCCC[N+](C)(C)C.[Br-]. The van der Waals surface area contributed by atoms with Gasteiger partial charge >= 0.3 is 0 Å². The largest absolute Gasteiger partial charge is 1.00 e. The molecule has 0 atom stereocenters. The van der Waals surface area contributed by atoms with Gasteiger partial charge in [0.1, 0.15) is 0 Å². The standard InChI is InChI=1S/C11H26N.BrH/c1-5-6-7-8-9-10-11-12(2,3)4;/h5-11H2,1-4H3;1H/q+1;/p-1. The zero-order chi connectivity index (χ0) is 9.45.